The molecule has 1 heterocycles. The van der Waals surface area contributed by atoms with E-state index in [1.54, 1.807) is 24.3 Å². The van der Waals surface area contributed by atoms with E-state index in [1.165, 1.54) is 0 Å². The fraction of sp³-hybridized carbons (Fsp3) is 0.409. The first kappa shape index (κ1) is 20.5. The zero-order valence-corrected chi connectivity index (χ0v) is 17.1. The van der Waals surface area contributed by atoms with Crippen LogP contribution in [-0.2, 0) is 4.79 Å². The van der Waals surface area contributed by atoms with Crippen molar-refractivity contribution in [1.29, 1.82) is 0 Å². The second-order valence-electron chi connectivity index (χ2n) is 7.11. The van der Waals surface area contributed by atoms with Crippen molar-refractivity contribution in [3.8, 4) is 11.5 Å². The van der Waals surface area contributed by atoms with Crippen molar-refractivity contribution in [2.75, 3.05) is 25.5 Å². The Morgan fingerprint density at radius 3 is 2.54 bits per heavy atom. The van der Waals surface area contributed by atoms with Crippen LogP contribution < -0.4 is 14.8 Å². The van der Waals surface area contributed by atoms with Crippen LogP contribution in [0.1, 0.15) is 26.2 Å². The van der Waals surface area contributed by atoms with Gasteiger partial charge in [-0.15, -0.1) is 0 Å². The van der Waals surface area contributed by atoms with Gasteiger partial charge in [-0.2, -0.15) is 0 Å². The molecule has 1 fully saturated rings. The molecule has 1 N–H and O–H groups in total. The van der Waals surface area contributed by atoms with E-state index in [0.29, 0.717) is 22.9 Å². The van der Waals surface area contributed by atoms with Crippen molar-refractivity contribution in [1.82, 2.24) is 4.90 Å². The molecular formula is C22H27ClN2O3. The summed E-state index contributed by atoms with van der Waals surface area (Å²) in [7, 11) is 2.13. The number of carbonyl (C=O) groups excluding carboxylic acids is 1. The zero-order chi connectivity index (χ0) is 19.9. The topological polar surface area (TPSA) is 50.8 Å². The van der Waals surface area contributed by atoms with E-state index in [2.05, 4.69) is 17.3 Å². The Kier molecular flexibility index (Phi) is 7.18. The summed E-state index contributed by atoms with van der Waals surface area (Å²) in [5.74, 6) is 1.22. The largest absolute Gasteiger partial charge is 0.490 e. The molecule has 28 heavy (non-hydrogen) atoms. The second kappa shape index (κ2) is 9.80. The van der Waals surface area contributed by atoms with Gasteiger partial charge < -0.3 is 19.7 Å². The molecule has 150 valence electrons. The van der Waals surface area contributed by atoms with Crippen molar-refractivity contribution < 1.29 is 14.3 Å². The molecule has 6 heteroatoms. The molecule has 0 saturated carbocycles. The van der Waals surface area contributed by atoms with Crippen molar-refractivity contribution in [2.45, 2.75) is 38.4 Å². The quantitative estimate of drug-likeness (QED) is 0.734. The summed E-state index contributed by atoms with van der Waals surface area (Å²) >= 11 is 5.98. The van der Waals surface area contributed by atoms with E-state index in [-0.39, 0.29) is 12.0 Å². The van der Waals surface area contributed by atoms with Crippen molar-refractivity contribution >= 4 is 23.2 Å². The van der Waals surface area contributed by atoms with E-state index >= 15 is 0 Å². The predicted molar refractivity (Wildman–Crippen MR) is 112 cm³/mol. The van der Waals surface area contributed by atoms with Gasteiger partial charge in [0.25, 0.3) is 5.91 Å². The number of nitrogens with one attached hydrogen (secondary N) is 1. The molecule has 5 nitrogen and oxygen atoms in total. The SMILES string of the molecule is CC[C@@H](Oc1cccc(Cl)c1)C(=O)Nc1ccc(OC2CCN(C)CC2)cc1. The highest BCUT2D eigenvalue weighted by molar-refractivity contribution is 6.30. The average molecular weight is 403 g/mol. The summed E-state index contributed by atoms with van der Waals surface area (Å²) in [6.45, 7) is 4.03. The summed E-state index contributed by atoms with van der Waals surface area (Å²) in [6.07, 6.45) is 2.29. The Balaban J connectivity index is 1.54. The summed E-state index contributed by atoms with van der Waals surface area (Å²) < 4.78 is 11.8. The maximum absolute atomic E-state index is 12.6. The van der Waals surface area contributed by atoms with Gasteiger partial charge in [-0.05, 0) is 68.8 Å². The summed E-state index contributed by atoms with van der Waals surface area (Å²) in [6, 6.07) is 14.6. The van der Waals surface area contributed by atoms with Gasteiger partial charge in [0.2, 0.25) is 0 Å². The van der Waals surface area contributed by atoms with Crippen LogP contribution in [-0.4, -0.2) is 43.2 Å². The van der Waals surface area contributed by atoms with E-state index in [9.17, 15) is 4.79 Å². The number of anilines is 1. The maximum Gasteiger partial charge on any atom is 0.265 e. The van der Waals surface area contributed by atoms with E-state index in [4.69, 9.17) is 21.1 Å². The Labute approximate surface area is 171 Å². The highest BCUT2D eigenvalue weighted by Gasteiger charge is 2.20. The lowest BCUT2D eigenvalue weighted by molar-refractivity contribution is -0.122. The Morgan fingerprint density at radius 1 is 1.18 bits per heavy atom. The first-order valence-corrected chi connectivity index (χ1v) is 10.1. The van der Waals surface area contributed by atoms with E-state index in [0.717, 1.165) is 31.7 Å². The number of halogens is 1. The molecule has 0 spiro atoms. The molecule has 0 radical (unpaired) electrons. The second-order valence-corrected chi connectivity index (χ2v) is 7.54. The lowest BCUT2D eigenvalue weighted by atomic mass is 10.1. The summed E-state index contributed by atoms with van der Waals surface area (Å²) in [4.78, 5) is 14.9. The molecule has 0 unspecified atom stereocenters. The third kappa shape index (κ3) is 5.88. The van der Waals surface area contributed by atoms with Gasteiger partial charge in [-0.3, -0.25) is 4.79 Å². The predicted octanol–water partition coefficient (Wildman–Crippen LogP) is 4.61. The van der Waals surface area contributed by atoms with Gasteiger partial charge in [-0.1, -0.05) is 24.6 Å². The van der Waals surface area contributed by atoms with Crippen LogP contribution in [0.4, 0.5) is 5.69 Å². The van der Waals surface area contributed by atoms with Gasteiger partial charge in [0, 0.05) is 23.8 Å². The highest BCUT2D eigenvalue weighted by atomic mass is 35.5. The number of rotatable bonds is 7. The molecule has 1 atom stereocenters. The standard InChI is InChI=1S/C22H27ClN2O3/c1-3-21(28-20-6-4-5-16(23)15-20)22(26)24-17-7-9-18(10-8-17)27-19-11-13-25(2)14-12-19/h4-10,15,19,21H,3,11-14H2,1-2H3,(H,24,26)/t21-/m1/s1. The van der Waals surface area contributed by atoms with Gasteiger partial charge in [0.1, 0.15) is 17.6 Å². The van der Waals surface area contributed by atoms with Crippen LogP contribution in [0.25, 0.3) is 0 Å². The summed E-state index contributed by atoms with van der Waals surface area (Å²) in [5.41, 5.74) is 0.717. The number of piperidine rings is 1. The molecule has 0 bridgehead atoms. The number of ether oxygens (including phenoxy) is 2. The average Bonchev–Trinajstić information content (AvgIpc) is 2.69. The third-order valence-corrected chi connectivity index (χ3v) is 5.06. The number of carbonyl (C=O) groups is 1. The molecule has 1 saturated heterocycles. The molecule has 1 aliphatic rings. The van der Waals surface area contributed by atoms with Crippen molar-refractivity contribution in [3.63, 3.8) is 0 Å². The van der Waals surface area contributed by atoms with Crippen LogP contribution in [0, 0.1) is 0 Å². The Bertz CT molecular complexity index is 774. The normalized spacial score (nSPS) is 16.4. The minimum Gasteiger partial charge on any atom is -0.490 e. The van der Waals surface area contributed by atoms with Crippen LogP contribution in [0.5, 0.6) is 11.5 Å². The van der Waals surface area contributed by atoms with Crippen molar-refractivity contribution in [2.24, 2.45) is 0 Å². The minimum absolute atomic E-state index is 0.188. The molecule has 2 aromatic carbocycles. The zero-order valence-electron chi connectivity index (χ0n) is 16.4. The number of hydrogen-bond acceptors (Lipinski definition) is 4. The van der Waals surface area contributed by atoms with Gasteiger partial charge >= 0.3 is 0 Å². The van der Waals surface area contributed by atoms with E-state index < -0.39 is 6.10 Å². The maximum atomic E-state index is 12.6. The Morgan fingerprint density at radius 2 is 1.89 bits per heavy atom. The first-order chi connectivity index (χ1) is 13.5. The molecule has 0 aromatic heterocycles. The fourth-order valence-electron chi connectivity index (χ4n) is 3.16. The van der Waals surface area contributed by atoms with E-state index in [1.807, 2.05) is 31.2 Å². The van der Waals surface area contributed by atoms with Gasteiger partial charge in [0.15, 0.2) is 6.10 Å². The van der Waals surface area contributed by atoms with Crippen LogP contribution in [0.3, 0.4) is 0 Å². The molecule has 1 aliphatic heterocycles. The lowest BCUT2D eigenvalue weighted by Crippen LogP contribution is -2.35. The minimum atomic E-state index is -0.589. The van der Waals surface area contributed by atoms with Crippen LogP contribution in [0.15, 0.2) is 48.5 Å². The number of benzene rings is 2. The summed E-state index contributed by atoms with van der Waals surface area (Å²) in [5, 5.41) is 3.48. The number of likely N-dealkylation sites (tertiary alicyclic amines) is 1. The van der Waals surface area contributed by atoms with Gasteiger partial charge in [0.05, 0.1) is 0 Å². The number of hydrogen-bond donors (Lipinski definition) is 1. The highest BCUT2D eigenvalue weighted by Crippen LogP contribution is 2.22. The molecule has 2 aromatic rings. The molecule has 3 rings (SSSR count). The third-order valence-electron chi connectivity index (χ3n) is 4.83. The number of nitrogens with zero attached hydrogens (tertiary/aromatic N) is 1. The van der Waals surface area contributed by atoms with Gasteiger partial charge in [-0.25, -0.2) is 0 Å². The first-order valence-electron chi connectivity index (χ1n) is 9.72. The van der Waals surface area contributed by atoms with Crippen LogP contribution >= 0.6 is 11.6 Å². The van der Waals surface area contributed by atoms with Crippen molar-refractivity contribution in [3.05, 3.63) is 53.6 Å². The smallest absolute Gasteiger partial charge is 0.265 e. The number of amides is 1. The Hall–Kier alpha value is -2.24. The molecular weight excluding hydrogens is 376 g/mol. The molecule has 0 aliphatic carbocycles. The fourth-order valence-corrected chi connectivity index (χ4v) is 3.34. The van der Waals surface area contributed by atoms with Crippen LogP contribution in [0.2, 0.25) is 5.02 Å². The monoisotopic (exact) mass is 402 g/mol. The lowest BCUT2D eigenvalue weighted by Gasteiger charge is -2.29. The molecule has 1 amide bonds.